The van der Waals surface area contributed by atoms with Crippen LogP contribution in [-0.4, -0.2) is 81.3 Å². The van der Waals surface area contributed by atoms with Crippen molar-refractivity contribution in [3.63, 3.8) is 0 Å². The zero-order valence-electron chi connectivity index (χ0n) is 16.6. The second kappa shape index (κ2) is 10.5. The highest BCUT2D eigenvalue weighted by molar-refractivity contribution is 5.90. The lowest BCUT2D eigenvalue weighted by atomic mass is 9.92. The van der Waals surface area contributed by atoms with Crippen molar-refractivity contribution in [1.82, 2.24) is 15.1 Å². The summed E-state index contributed by atoms with van der Waals surface area (Å²) in [6, 6.07) is 9.58. The maximum atomic E-state index is 12.9. The number of likely N-dealkylation sites (tertiary alicyclic amines) is 1. The summed E-state index contributed by atoms with van der Waals surface area (Å²) in [4.78, 5) is 29.6. The number of carbonyl (C=O) groups excluding carboxylic acids is 2. The summed E-state index contributed by atoms with van der Waals surface area (Å²) in [5.41, 5.74) is 0.998. The van der Waals surface area contributed by atoms with E-state index in [1.807, 2.05) is 30.3 Å². The Balaban J connectivity index is 1.58. The summed E-state index contributed by atoms with van der Waals surface area (Å²) in [5.74, 6) is -0.390. The van der Waals surface area contributed by atoms with Gasteiger partial charge in [0.25, 0.3) is 0 Å². The van der Waals surface area contributed by atoms with Gasteiger partial charge in [0.05, 0.1) is 31.8 Å². The summed E-state index contributed by atoms with van der Waals surface area (Å²) < 4.78 is 10.5. The molecule has 2 aliphatic heterocycles. The average Bonchev–Trinajstić information content (AvgIpc) is 3.07. The molecular formula is C21H31N3O4. The Bertz CT molecular complexity index is 634. The Kier molecular flexibility index (Phi) is 7.82. The van der Waals surface area contributed by atoms with E-state index in [1.54, 1.807) is 12.0 Å². The Labute approximate surface area is 167 Å². The van der Waals surface area contributed by atoms with Gasteiger partial charge in [0, 0.05) is 39.7 Å². The van der Waals surface area contributed by atoms with Crippen molar-refractivity contribution in [1.29, 1.82) is 0 Å². The van der Waals surface area contributed by atoms with E-state index >= 15 is 0 Å². The third-order valence-corrected chi connectivity index (χ3v) is 5.50. The minimum Gasteiger partial charge on any atom is -0.383 e. The molecule has 0 radical (unpaired) electrons. The number of benzene rings is 1. The fraction of sp³-hybridized carbons (Fsp3) is 0.619. The molecule has 2 heterocycles. The smallest absolute Gasteiger partial charge is 0.226 e. The number of rotatable bonds is 9. The molecule has 0 bridgehead atoms. The van der Waals surface area contributed by atoms with Gasteiger partial charge in [0.2, 0.25) is 11.8 Å². The first-order valence-corrected chi connectivity index (χ1v) is 10.1. The summed E-state index contributed by atoms with van der Waals surface area (Å²) in [5, 5.41) is 3.05. The lowest BCUT2D eigenvalue weighted by Gasteiger charge is -2.28. The quantitative estimate of drug-likeness (QED) is 0.640. The molecule has 0 spiro atoms. The molecule has 1 aromatic rings. The molecule has 1 aromatic carbocycles. The van der Waals surface area contributed by atoms with E-state index < -0.39 is 0 Å². The highest BCUT2D eigenvalue weighted by atomic mass is 16.5. The van der Waals surface area contributed by atoms with Crippen LogP contribution in [0.1, 0.15) is 24.4 Å². The first-order valence-electron chi connectivity index (χ1n) is 10.1. The Morgan fingerprint density at radius 3 is 2.68 bits per heavy atom. The van der Waals surface area contributed by atoms with Crippen LogP contribution in [0.4, 0.5) is 0 Å². The Hall–Kier alpha value is -1.96. The van der Waals surface area contributed by atoms with E-state index in [4.69, 9.17) is 9.47 Å². The van der Waals surface area contributed by atoms with Crippen LogP contribution >= 0.6 is 0 Å². The van der Waals surface area contributed by atoms with Gasteiger partial charge in [-0.25, -0.2) is 0 Å². The molecule has 2 saturated heterocycles. The van der Waals surface area contributed by atoms with Crippen LogP contribution in [0.3, 0.4) is 0 Å². The molecule has 2 amide bonds. The van der Waals surface area contributed by atoms with Crippen molar-refractivity contribution in [2.24, 2.45) is 5.92 Å². The van der Waals surface area contributed by atoms with E-state index in [1.165, 1.54) is 0 Å². The molecule has 3 rings (SSSR count). The van der Waals surface area contributed by atoms with Crippen molar-refractivity contribution < 1.29 is 19.1 Å². The van der Waals surface area contributed by atoms with Gasteiger partial charge < -0.3 is 19.7 Å². The van der Waals surface area contributed by atoms with Crippen LogP contribution < -0.4 is 5.32 Å². The first-order chi connectivity index (χ1) is 13.7. The van der Waals surface area contributed by atoms with E-state index in [0.29, 0.717) is 19.7 Å². The SMILES string of the molecule is COCCN1C(=O)C[C@@H](C(=O)NCCCN2CCOCC2)[C@@H]1c1ccccc1. The standard InChI is InChI=1S/C21H31N3O4/c1-27-13-12-24-19(25)16-18(20(24)17-6-3-2-4-7-17)21(26)22-8-5-9-23-10-14-28-15-11-23/h2-4,6-7,18,20H,5,8-16H2,1H3,(H,22,26)/t18-,20+/m1/s1. The molecular weight excluding hydrogens is 358 g/mol. The van der Waals surface area contributed by atoms with E-state index in [9.17, 15) is 9.59 Å². The molecule has 7 heteroatoms. The van der Waals surface area contributed by atoms with E-state index in [0.717, 1.165) is 44.8 Å². The summed E-state index contributed by atoms with van der Waals surface area (Å²) in [7, 11) is 1.62. The number of amides is 2. The van der Waals surface area contributed by atoms with Crippen molar-refractivity contribution in [2.45, 2.75) is 18.9 Å². The summed E-state index contributed by atoms with van der Waals surface area (Å²) >= 11 is 0. The van der Waals surface area contributed by atoms with Gasteiger partial charge in [-0.05, 0) is 18.5 Å². The number of methoxy groups -OCH3 is 1. The van der Waals surface area contributed by atoms with Crippen molar-refractivity contribution in [3.05, 3.63) is 35.9 Å². The van der Waals surface area contributed by atoms with Crippen molar-refractivity contribution in [3.8, 4) is 0 Å². The molecule has 28 heavy (non-hydrogen) atoms. The molecule has 0 unspecified atom stereocenters. The van der Waals surface area contributed by atoms with Gasteiger partial charge in [0.1, 0.15) is 0 Å². The van der Waals surface area contributed by atoms with Crippen LogP contribution in [0.5, 0.6) is 0 Å². The second-order valence-corrected chi connectivity index (χ2v) is 7.34. The third-order valence-electron chi connectivity index (χ3n) is 5.50. The predicted octanol–water partition coefficient (Wildman–Crippen LogP) is 1.06. The molecule has 7 nitrogen and oxygen atoms in total. The fourth-order valence-electron chi connectivity index (χ4n) is 4.01. The molecule has 0 aliphatic carbocycles. The fourth-order valence-corrected chi connectivity index (χ4v) is 4.01. The minimum atomic E-state index is -0.366. The van der Waals surface area contributed by atoms with Crippen LogP contribution in [0.2, 0.25) is 0 Å². The molecule has 154 valence electrons. The van der Waals surface area contributed by atoms with Gasteiger partial charge >= 0.3 is 0 Å². The highest BCUT2D eigenvalue weighted by Gasteiger charge is 2.44. The molecule has 2 atom stereocenters. The number of hydrogen-bond acceptors (Lipinski definition) is 5. The molecule has 0 aromatic heterocycles. The van der Waals surface area contributed by atoms with Crippen LogP contribution in [0.25, 0.3) is 0 Å². The van der Waals surface area contributed by atoms with Crippen molar-refractivity contribution in [2.75, 3.05) is 59.7 Å². The summed E-state index contributed by atoms with van der Waals surface area (Å²) in [6.45, 7) is 6.01. The lowest BCUT2D eigenvalue weighted by molar-refractivity contribution is -0.129. The molecule has 1 N–H and O–H groups in total. The largest absolute Gasteiger partial charge is 0.383 e. The lowest BCUT2D eigenvalue weighted by Crippen LogP contribution is -2.39. The van der Waals surface area contributed by atoms with E-state index in [-0.39, 0.29) is 30.2 Å². The topological polar surface area (TPSA) is 71.1 Å². The predicted molar refractivity (Wildman–Crippen MR) is 106 cm³/mol. The summed E-state index contributed by atoms with van der Waals surface area (Å²) in [6.07, 6.45) is 1.15. The minimum absolute atomic E-state index is 0.0133. The molecule has 0 saturated carbocycles. The normalized spacial score (nSPS) is 23.2. The second-order valence-electron chi connectivity index (χ2n) is 7.34. The maximum Gasteiger partial charge on any atom is 0.226 e. The van der Waals surface area contributed by atoms with E-state index in [2.05, 4.69) is 10.2 Å². The monoisotopic (exact) mass is 389 g/mol. The van der Waals surface area contributed by atoms with Crippen LogP contribution in [0.15, 0.2) is 30.3 Å². The average molecular weight is 389 g/mol. The molecule has 2 aliphatic rings. The van der Waals surface area contributed by atoms with Crippen LogP contribution in [-0.2, 0) is 19.1 Å². The number of nitrogens with one attached hydrogen (secondary N) is 1. The number of morpholine rings is 1. The number of nitrogens with zero attached hydrogens (tertiary/aromatic N) is 2. The Morgan fingerprint density at radius 1 is 1.21 bits per heavy atom. The zero-order chi connectivity index (χ0) is 19.8. The van der Waals surface area contributed by atoms with Gasteiger partial charge in [-0.3, -0.25) is 14.5 Å². The number of ether oxygens (including phenoxy) is 2. The van der Waals surface area contributed by atoms with Crippen molar-refractivity contribution >= 4 is 11.8 Å². The van der Waals surface area contributed by atoms with Gasteiger partial charge in [-0.15, -0.1) is 0 Å². The highest BCUT2D eigenvalue weighted by Crippen LogP contribution is 2.38. The van der Waals surface area contributed by atoms with Crippen LogP contribution in [0, 0.1) is 5.92 Å². The van der Waals surface area contributed by atoms with Gasteiger partial charge in [0.15, 0.2) is 0 Å². The van der Waals surface area contributed by atoms with Gasteiger partial charge in [-0.1, -0.05) is 30.3 Å². The number of carbonyl (C=O) groups is 2. The first kappa shape index (κ1) is 20.8. The number of hydrogen-bond donors (Lipinski definition) is 1. The third kappa shape index (κ3) is 5.31. The zero-order valence-corrected chi connectivity index (χ0v) is 16.6. The molecule has 2 fully saturated rings. The van der Waals surface area contributed by atoms with Gasteiger partial charge in [-0.2, -0.15) is 0 Å². The maximum absolute atomic E-state index is 12.9. The Morgan fingerprint density at radius 2 is 1.96 bits per heavy atom.